The molecule has 3 rings (SSSR count). The highest BCUT2D eigenvalue weighted by Crippen LogP contribution is 2.32. The van der Waals surface area contributed by atoms with Crippen molar-refractivity contribution in [3.8, 4) is 5.75 Å². The summed E-state index contributed by atoms with van der Waals surface area (Å²) in [5.74, 6) is -0.0535. The van der Waals surface area contributed by atoms with Crippen molar-refractivity contribution in [1.29, 1.82) is 0 Å². The lowest BCUT2D eigenvalue weighted by Crippen LogP contribution is -2.41. The Labute approximate surface area is 211 Å². The van der Waals surface area contributed by atoms with Gasteiger partial charge in [-0.3, -0.25) is 9.10 Å². The maximum Gasteiger partial charge on any atom is 0.264 e. The number of ether oxygens (including phenoxy) is 2. The molecule has 0 saturated carbocycles. The van der Waals surface area contributed by atoms with Gasteiger partial charge in [-0.15, -0.1) is 11.8 Å². The Morgan fingerprint density at radius 3 is 2.34 bits per heavy atom. The van der Waals surface area contributed by atoms with E-state index in [0.717, 1.165) is 14.8 Å². The van der Waals surface area contributed by atoms with Gasteiger partial charge in [-0.2, -0.15) is 0 Å². The maximum absolute atomic E-state index is 13.6. The van der Waals surface area contributed by atoms with Crippen LogP contribution in [-0.4, -0.2) is 46.9 Å². The van der Waals surface area contributed by atoms with Crippen LogP contribution in [0.1, 0.15) is 12.5 Å². The third kappa shape index (κ3) is 7.48. The van der Waals surface area contributed by atoms with E-state index in [1.807, 2.05) is 43.5 Å². The molecule has 0 radical (unpaired) electrons. The zero-order valence-corrected chi connectivity index (χ0v) is 21.5. The number of para-hydroxylation sites is 2. The molecule has 186 valence electrons. The molecule has 0 aromatic heterocycles. The summed E-state index contributed by atoms with van der Waals surface area (Å²) in [6.45, 7) is 2.78. The van der Waals surface area contributed by atoms with Crippen LogP contribution < -0.4 is 14.4 Å². The van der Waals surface area contributed by atoms with E-state index in [9.17, 15) is 13.2 Å². The molecule has 0 bridgehead atoms. The zero-order valence-electron chi connectivity index (χ0n) is 19.8. The minimum absolute atomic E-state index is 0.0978. The lowest BCUT2D eigenvalue weighted by molar-refractivity contribution is -0.119. The molecule has 0 atom stereocenters. The van der Waals surface area contributed by atoms with Crippen LogP contribution in [0, 0.1) is 0 Å². The molecule has 0 aliphatic rings. The second-order valence-corrected chi connectivity index (χ2v) is 10.2. The number of amides is 1. The number of hydrogen-bond donors (Lipinski definition) is 1. The van der Waals surface area contributed by atoms with Crippen molar-refractivity contribution in [3.63, 3.8) is 0 Å². The predicted molar refractivity (Wildman–Crippen MR) is 139 cm³/mol. The molecule has 7 nitrogen and oxygen atoms in total. The van der Waals surface area contributed by atoms with Gasteiger partial charge in [0.1, 0.15) is 12.3 Å². The van der Waals surface area contributed by atoms with Crippen LogP contribution in [0.5, 0.6) is 5.75 Å². The van der Waals surface area contributed by atoms with E-state index in [0.29, 0.717) is 31.3 Å². The van der Waals surface area contributed by atoms with E-state index in [2.05, 4.69) is 5.32 Å². The Balaban J connectivity index is 1.73. The third-order valence-electron chi connectivity index (χ3n) is 5.05. The molecule has 35 heavy (non-hydrogen) atoms. The van der Waals surface area contributed by atoms with Gasteiger partial charge in [0.15, 0.2) is 0 Å². The van der Waals surface area contributed by atoms with Crippen LogP contribution in [0.4, 0.5) is 5.69 Å². The third-order valence-corrected chi connectivity index (χ3v) is 7.57. The van der Waals surface area contributed by atoms with Crippen molar-refractivity contribution in [1.82, 2.24) is 5.32 Å². The number of carbonyl (C=O) groups excluding carboxylic acids is 1. The number of benzene rings is 3. The molecule has 0 heterocycles. The monoisotopic (exact) mass is 514 g/mol. The van der Waals surface area contributed by atoms with Gasteiger partial charge < -0.3 is 14.8 Å². The molecule has 0 saturated heterocycles. The Morgan fingerprint density at radius 2 is 1.66 bits per heavy atom. The highest BCUT2D eigenvalue weighted by Gasteiger charge is 2.29. The highest BCUT2D eigenvalue weighted by atomic mass is 32.2. The largest absolute Gasteiger partial charge is 0.492 e. The number of nitrogens with one attached hydrogen (secondary N) is 1. The van der Waals surface area contributed by atoms with Gasteiger partial charge in [0, 0.05) is 11.4 Å². The predicted octanol–water partition coefficient (Wildman–Crippen LogP) is 4.34. The molecule has 0 fully saturated rings. The van der Waals surface area contributed by atoms with Crippen molar-refractivity contribution >= 4 is 33.4 Å². The fourth-order valence-corrected chi connectivity index (χ4v) is 5.17. The zero-order chi connectivity index (χ0) is 25.1. The molecule has 0 aliphatic carbocycles. The summed E-state index contributed by atoms with van der Waals surface area (Å²) in [6.07, 6.45) is 1.92. The lowest BCUT2D eigenvalue weighted by Gasteiger charge is -2.26. The van der Waals surface area contributed by atoms with Gasteiger partial charge in [-0.1, -0.05) is 42.5 Å². The molecule has 1 N–H and O–H groups in total. The van der Waals surface area contributed by atoms with Crippen LogP contribution >= 0.6 is 11.8 Å². The summed E-state index contributed by atoms with van der Waals surface area (Å²) in [7, 11) is -4.03. The van der Waals surface area contributed by atoms with Crippen LogP contribution in [0.25, 0.3) is 0 Å². The van der Waals surface area contributed by atoms with Crippen LogP contribution in [0.2, 0.25) is 0 Å². The topological polar surface area (TPSA) is 84.9 Å². The Morgan fingerprint density at radius 1 is 0.971 bits per heavy atom. The first-order chi connectivity index (χ1) is 17.0. The van der Waals surface area contributed by atoms with Crippen molar-refractivity contribution in [2.24, 2.45) is 0 Å². The normalized spacial score (nSPS) is 11.1. The number of hydrogen-bond acceptors (Lipinski definition) is 6. The van der Waals surface area contributed by atoms with Gasteiger partial charge in [0.2, 0.25) is 5.91 Å². The first kappa shape index (κ1) is 26.6. The second-order valence-electron chi connectivity index (χ2n) is 7.48. The van der Waals surface area contributed by atoms with Crippen molar-refractivity contribution in [2.75, 3.05) is 36.9 Å². The molecule has 3 aromatic carbocycles. The number of sulfonamides is 1. The summed E-state index contributed by atoms with van der Waals surface area (Å²) < 4.78 is 39.6. The molecule has 1 amide bonds. The SMILES string of the molecule is CCOc1ccccc1N(CC(=O)NCCOCc1ccccc1)S(=O)(=O)c1ccc(SC)cc1. The molecule has 0 spiro atoms. The van der Waals surface area contributed by atoms with Crippen LogP contribution in [-0.2, 0) is 26.2 Å². The van der Waals surface area contributed by atoms with Crippen LogP contribution in [0.3, 0.4) is 0 Å². The van der Waals surface area contributed by atoms with E-state index in [1.54, 1.807) is 48.5 Å². The Kier molecular flexibility index (Phi) is 10.0. The summed E-state index contributed by atoms with van der Waals surface area (Å²) in [4.78, 5) is 13.8. The standard InChI is InChI=1S/C26H30N2O5S2/c1-3-33-25-12-8-7-11-24(25)28(35(30,31)23-15-13-22(34-2)14-16-23)19-26(29)27-17-18-32-20-21-9-5-4-6-10-21/h4-16H,3,17-20H2,1-2H3,(H,27,29). The maximum atomic E-state index is 13.6. The summed E-state index contributed by atoms with van der Waals surface area (Å²) in [5.41, 5.74) is 1.34. The molecule has 9 heteroatoms. The average molecular weight is 515 g/mol. The van der Waals surface area contributed by atoms with E-state index < -0.39 is 22.5 Å². The minimum Gasteiger partial charge on any atom is -0.492 e. The quantitative estimate of drug-likeness (QED) is 0.270. The molecular weight excluding hydrogens is 484 g/mol. The average Bonchev–Trinajstić information content (AvgIpc) is 2.88. The number of rotatable bonds is 13. The van der Waals surface area contributed by atoms with E-state index >= 15 is 0 Å². The summed E-state index contributed by atoms with van der Waals surface area (Å²) in [5, 5.41) is 2.75. The fraction of sp³-hybridized carbons (Fsp3) is 0.269. The Hall–Kier alpha value is -3.01. The molecule has 0 aliphatic heterocycles. The lowest BCUT2D eigenvalue weighted by atomic mass is 10.2. The van der Waals surface area contributed by atoms with Crippen molar-refractivity contribution in [2.45, 2.75) is 23.3 Å². The molecule has 0 unspecified atom stereocenters. The van der Waals surface area contributed by atoms with Gasteiger partial charge in [0.25, 0.3) is 10.0 Å². The van der Waals surface area contributed by atoms with Gasteiger partial charge >= 0.3 is 0 Å². The number of thioether (sulfide) groups is 1. The van der Waals surface area contributed by atoms with Crippen LogP contribution in [0.15, 0.2) is 88.7 Å². The van der Waals surface area contributed by atoms with Crippen molar-refractivity contribution in [3.05, 3.63) is 84.4 Å². The van der Waals surface area contributed by atoms with E-state index in [-0.39, 0.29) is 11.4 Å². The van der Waals surface area contributed by atoms with Gasteiger partial charge in [-0.05, 0) is 55.1 Å². The summed E-state index contributed by atoms with van der Waals surface area (Å²) >= 11 is 1.52. The number of anilines is 1. The first-order valence-electron chi connectivity index (χ1n) is 11.2. The smallest absolute Gasteiger partial charge is 0.264 e. The molecule has 3 aromatic rings. The van der Waals surface area contributed by atoms with E-state index in [1.165, 1.54) is 11.8 Å². The minimum atomic E-state index is -4.03. The number of nitrogens with zero attached hydrogens (tertiary/aromatic N) is 1. The fourth-order valence-electron chi connectivity index (χ4n) is 3.33. The van der Waals surface area contributed by atoms with Gasteiger partial charge in [0.05, 0.1) is 30.4 Å². The second kappa shape index (κ2) is 13.2. The highest BCUT2D eigenvalue weighted by molar-refractivity contribution is 7.98. The number of carbonyl (C=O) groups is 1. The Bertz CT molecular complexity index is 1190. The van der Waals surface area contributed by atoms with Gasteiger partial charge in [-0.25, -0.2) is 8.42 Å². The summed E-state index contributed by atoms with van der Waals surface area (Å²) in [6, 6.07) is 23.1. The molecular formula is C26H30N2O5S2. The first-order valence-corrected chi connectivity index (χ1v) is 13.9. The van der Waals surface area contributed by atoms with E-state index in [4.69, 9.17) is 9.47 Å². The van der Waals surface area contributed by atoms with Crippen molar-refractivity contribution < 1.29 is 22.7 Å².